The summed E-state index contributed by atoms with van der Waals surface area (Å²) in [5.41, 5.74) is 4.14. The lowest BCUT2D eigenvalue weighted by atomic mass is 9.99. The molecule has 3 N–H and O–H groups in total. The fourth-order valence-corrected chi connectivity index (χ4v) is 2.88. The fraction of sp³-hybridized carbons (Fsp3) is 0.312. The van der Waals surface area contributed by atoms with Crippen LogP contribution in [-0.2, 0) is 7.05 Å². The van der Waals surface area contributed by atoms with Gasteiger partial charge in [0.25, 0.3) is 5.56 Å². The van der Waals surface area contributed by atoms with E-state index in [2.05, 4.69) is 15.5 Å². The molecule has 0 fully saturated rings. The second-order valence-electron chi connectivity index (χ2n) is 5.43. The number of hydrogen-bond donors (Lipinski definition) is 3. The van der Waals surface area contributed by atoms with Crippen molar-refractivity contribution in [2.24, 2.45) is 12.1 Å². The number of benzene rings is 1. The minimum absolute atomic E-state index is 0.130. The average molecular weight is 346 g/mol. The Hall–Kier alpha value is -2.61. The molecule has 0 saturated carbocycles. The van der Waals surface area contributed by atoms with Gasteiger partial charge in [0.05, 0.1) is 18.4 Å². The van der Waals surface area contributed by atoms with Crippen LogP contribution < -0.4 is 15.7 Å². The molecule has 1 aromatic heterocycles. The number of rotatable bonds is 4. The Morgan fingerprint density at radius 1 is 1.46 bits per heavy atom. The number of aromatic amines is 1. The van der Waals surface area contributed by atoms with E-state index >= 15 is 0 Å². The number of H-pyrrole nitrogens is 1. The summed E-state index contributed by atoms with van der Waals surface area (Å²) in [6.45, 7) is 2.49. The number of ether oxygens (including phenoxy) is 1. The second-order valence-corrected chi connectivity index (χ2v) is 5.82. The summed E-state index contributed by atoms with van der Waals surface area (Å²) in [7, 11) is 1.59. The number of hydrazone groups is 1. The summed E-state index contributed by atoms with van der Waals surface area (Å²) >= 11 is 4.98. The van der Waals surface area contributed by atoms with Crippen molar-refractivity contribution in [3.8, 4) is 11.6 Å². The predicted molar refractivity (Wildman–Crippen MR) is 93.2 cm³/mol. The number of hydrogen-bond acceptors (Lipinski definition) is 6. The Balaban J connectivity index is 1.93. The first-order chi connectivity index (χ1) is 11.5. The van der Waals surface area contributed by atoms with Crippen molar-refractivity contribution in [2.75, 3.05) is 6.61 Å². The van der Waals surface area contributed by atoms with Crippen molar-refractivity contribution in [1.82, 2.24) is 15.0 Å². The maximum absolute atomic E-state index is 12.2. The van der Waals surface area contributed by atoms with Crippen LogP contribution in [0.25, 0.3) is 0 Å². The van der Waals surface area contributed by atoms with Crippen LogP contribution >= 0.6 is 12.2 Å². The maximum atomic E-state index is 12.2. The summed E-state index contributed by atoms with van der Waals surface area (Å²) in [5, 5.41) is 14.5. The molecule has 0 bridgehead atoms. The second kappa shape index (κ2) is 6.48. The third-order valence-corrected chi connectivity index (χ3v) is 4.31. The van der Waals surface area contributed by atoms with Gasteiger partial charge in [-0.05, 0) is 25.2 Å². The van der Waals surface area contributed by atoms with Gasteiger partial charge < -0.3 is 15.3 Å². The zero-order valence-corrected chi connectivity index (χ0v) is 14.2. The molecule has 1 unspecified atom stereocenters. The lowest BCUT2D eigenvalue weighted by Crippen LogP contribution is -2.21. The number of nitrogens with one attached hydrogen (secondary N) is 2. The average Bonchev–Trinajstić information content (AvgIpc) is 3.03. The Morgan fingerprint density at radius 2 is 2.21 bits per heavy atom. The van der Waals surface area contributed by atoms with Crippen molar-refractivity contribution in [2.45, 2.75) is 19.4 Å². The highest BCUT2D eigenvalue weighted by atomic mass is 32.1. The fourth-order valence-electron chi connectivity index (χ4n) is 2.70. The van der Waals surface area contributed by atoms with Gasteiger partial charge >= 0.3 is 0 Å². The van der Waals surface area contributed by atoms with Crippen molar-refractivity contribution < 1.29 is 9.84 Å². The van der Waals surface area contributed by atoms with Gasteiger partial charge in [-0.3, -0.25) is 14.3 Å². The molecule has 7 nitrogen and oxygen atoms in total. The highest BCUT2D eigenvalue weighted by molar-refractivity contribution is 7.71. The van der Waals surface area contributed by atoms with Crippen molar-refractivity contribution in [1.29, 1.82) is 0 Å². The molecule has 24 heavy (non-hydrogen) atoms. The molecular weight excluding hydrogens is 328 g/mol. The lowest BCUT2D eigenvalue weighted by Gasteiger charge is -2.15. The Bertz CT molecular complexity index is 916. The summed E-state index contributed by atoms with van der Waals surface area (Å²) in [6.07, 6.45) is 0.456. The first-order valence-corrected chi connectivity index (χ1v) is 8.00. The molecule has 3 rings (SSSR count). The van der Waals surface area contributed by atoms with Gasteiger partial charge in [-0.25, -0.2) is 0 Å². The first kappa shape index (κ1) is 16.3. The van der Waals surface area contributed by atoms with Gasteiger partial charge in [-0.1, -0.05) is 18.2 Å². The summed E-state index contributed by atoms with van der Waals surface area (Å²) in [5.74, 6) is 0.585. The van der Waals surface area contributed by atoms with Crippen LogP contribution in [0, 0.1) is 4.77 Å². The lowest BCUT2D eigenvalue weighted by molar-refractivity contribution is 0.332. The van der Waals surface area contributed by atoms with Crippen molar-refractivity contribution in [3.63, 3.8) is 0 Å². The van der Waals surface area contributed by atoms with Crippen LogP contribution in [0.15, 0.2) is 34.2 Å². The molecule has 1 aliphatic rings. The van der Waals surface area contributed by atoms with E-state index in [9.17, 15) is 9.90 Å². The van der Waals surface area contributed by atoms with E-state index in [-0.39, 0.29) is 22.3 Å². The highest BCUT2D eigenvalue weighted by Gasteiger charge is 2.27. The van der Waals surface area contributed by atoms with E-state index in [1.807, 2.05) is 31.2 Å². The van der Waals surface area contributed by atoms with Crippen molar-refractivity contribution >= 4 is 17.9 Å². The van der Waals surface area contributed by atoms with Gasteiger partial charge in [0.2, 0.25) is 5.88 Å². The molecular formula is C16H18N4O3S. The smallest absolute Gasteiger partial charge is 0.264 e. The maximum Gasteiger partial charge on any atom is 0.264 e. The molecule has 1 atom stereocenters. The molecule has 2 aromatic rings. The summed E-state index contributed by atoms with van der Waals surface area (Å²) in [6, 6.07) is 7.56. The number of para-hydroxylation sites is 1. The highest BCUT2D eigenvalue weighted by Crippen LogP contribution is 2.31. The topological polar surface area (TPSA) is 91.6 Å². The van der Waals surface area contributed by atoms with Crippen LogP contribution in [0.1, 0.15) is 30.5 Å². The van der Waals surface area contributed by atoms with Gasteiger partial charge in [-0.2, -0.15) is 5.10 Å². The summed E-state index contributed by atoms with van der Waals surface area (Å²) in [4.78, 5) is 14.7. The van der Waals surface area contributed by atoms with E-state index in [0.29, 0.717) is 18.7 Å². The van der Waals surface area contributed by atoms with Gasteiger partial charge in [-0.15, -0.1) is 0 Å². The molecule has 0 amide bonds. The Kier molecular flexibility index (Phi) is 4.39. The summed E-state index contributed by atoms with van der Waals surface area (Å²) < 4.78 is 7.15. The molecule has 0 spiro atoms. The molecule has 1 aromatic carbocycles. The van der Waals surface area contributed by atoms with Crippen molar-refractivity contribution in [3.05, 3.63) is 50.5 Å². The van der Waals surface area contributed by atoms with Crippen LogP contribution in [0.4, 0.5) is 0 Å². The predicted octanol–water partition coefficient (Wildman–Crippen LogP) is 1.99. The Labute approximate surface area is 143 Å². The SMILES string of the molecule is CCOc1ccccc1C1CC(c2c(O)n(C)c(=S)[nH]c2=O)=NN1. The third kappa shape index (κ3) is 2.80. The molecule has 2 heterocycles. The van der Waals surface area contributed by atoms with E-state index in [4.69, 9.17) is 17.0 Å². The molecule has 0 aliphatic carbocycles. The van der Waals surface area contributed by atoms with Gasteiger partial charge in [0.15, 0.2) is 4.77 Å². The minimum Gasteiger partial charge on any atom is -0.494 e. The minimum atomic E-state index is -0.449. The zero-order valence-electron chi connectivity index (χ0n) is 13.4. The molecule has 1 aliphatic heterocycles. The number of aromatic nitrogens is 2. The first-order valence-electron chi connectivity index (χ1n) is 7.59. The van der Waals surface area contributed by atoms with E-state index in [0.717, 1.165) is 11.3 Å². The molecule has 126 valence electrons. The third-order valence-electron chi connectivity index (χ3n) is 3.93. The quantitative estimate of drug-likeness (QED) is 0.737. The van der Waals surface area contributed by atoms with Gasteiger partial charge in [0.1, 0.15) is 11.3 Å². The number of aromatic hydroxyl groups is 1. The molecule has 0 saturated heterocycles. The monoisotopic (exact) mass is 346 g/mol. The van der Waals surface area contributed by atoms with E-state index < -0.39 is 5.56 Å². The van der Waals surface area contributed by atoms with Gasteiger partial charge in [0, 0.05) is 19.0 Å². The largest absolute Gasteiger partial charge is 0.494 e. The standard InChI is InChI=1S/C16H18N4O3S/c1-3-23-12-7-5-4-6-9(12)10-8-11(19-18-10)13-14(21)17-16(24)20(2)15(13)22/h4-7,10,18,22H,3,8H2,1-2H3,(H,17,21,24). The Morgan fingerprint density at radius 3 is 2.96 bits per heavy atom. The molecule has 8 heteroatoms. The van der Waals surface area contributed by atoms with E-state index in [1.165, 1.54) is 4.57 Å². The normalized spacial score (nSPS) is 16.6. The zero-order chi connectivity index (χ0) is 17.3. The van der Waals surface area contributed by atoms with Crippen LogP contribution in [-0.4, -0.2) is 27.0 Å². The van der Waals surface area contributed by atoms with Crippen LogP contribution in [0.2, 0.25) is 0 Å². The van der Waals surface area contributed by atoms with Crippen LogP contribution in [0.5, 0.6) is 11.6 Å². The van der Waals surface area contributed by atoms with Crippen LogP contribution in [0.3, 0.4) is 0 Å². The molecule has 0 radical (unpaired) electrons. The van der Waals surface area contributed by atoms with E-state index in [1.54, 1.807) is 7.05 Å². The number of nitrogens with zero attached hydrogens (tertiary/aromatic N) is 2.